The lowest BCUT2D eigenvalue weighted by molar-refractivity contribution is 0.170. The van der Waals surface area contributed by atoms with Crippen LogP contribution in [0, 0.1) is 0 Å². The van der Waals surface area contributed by atoms with Crippen LogP contribution in [-0.2, 0) is 12.8 Å². The molecule has 1 heterocycles. The molecule has 1 aliphatic rings. The van der Waals surface area contributed by atoms with Gasteiger partial charge in [-0.2, -0.15) is 0 Å². The predicted molar refractivity (Wildman–Crippen MR) is 84.3 cm³/mol. The third-order valence-corrected chi connectivity index (χ3v) is 4.21. The molecule has 1 aromatic heterocycles. The molecule has 0 bridgehead atoms. The molecule has 21 heavy (non-hydrogen) atoms. The Balaban J connectivity index is 1.85. The quantitative estimate of drug-likeness (QED) is 0.914. The molecule has 0 radical (unpaired) electrons. The fraction of sp³-hybridized carbons (Fsp3) is 0.389. The van der Waals surface area contributed by atoms with Gasteiger partial charge in [0.15, 0.2) is 0 Å². The Kier molecular flexibility index (Phi) is 4.20. The van der Waals surface area contributed by atoms with E-state index in [0.29, 0.717) is 0 Å². The van der Waals surface area contributed by atoms with E-state index < -0.39 is 0 Å². The maximum atomic E-state index is 6.26. The van der Waals surface area contributed by atoms with Gasteiger partial charge in [0.2, 0.25) is 0 Å². The lowest BCUT2D eigenvalue weighted by Gasteiger charge is -2.24. The minimum atomic E-state index is -0.150. The SMILES string of the molecule is CCC(N)C(Oc1ccc2c(c1)CCC2)c1cccnc1. The molecule has 3 nitrogen and oxygen atoms in total. The van der Waals surface area contributed by atoms with E-state index in [1.165, 1.54) is 24.0 Å². The summed E-state index contributed by atoms with van der Waals surface area (Å²) >= 11 is 0. The van der Waals surface area contributed by atoms with Crippen molar-refractivity contribution in [2.24, 2.45) is 5.73 Å². The van der Waals surface area contributed by atoms with Crippen LogP contribution in [0.5, 0.6) is 5.75 Å². The van der Waals surface area contributed by atoms with Gasteiger partial charge < -0.3 is 10.5 Å². The van der Waals surface area contributed by atoms with Gasteiger partial charge in [-0.3, -0.25) is 4.98 Å². The number of nitrogens with two attached hydrogens (primary N) is 1. The molecule has 1 aliphatic carbocycles. The molecule has 0 saturated carbocycles. The Labute approximate surface area is 126 Å². The number of benzene rings is 1. The molecule has 3 heteroatoms. The summed E-state index contributed by atoms with van der Waals surface area (Å²) in [6, 6.07) is 10.3. The van der Waals surface area contributed by atoms with Crippen molar-refractivity contribution in [2.75, 3.05) is 0 Å². The van der Waals surface area contributed by atoms with Crippen LogP contribution in [0.4, 0.5) is 0 Å². The molecule has 2 aromatic rings. The predicted octanol–water partition coefficient (Wildman–Crippen LogP) is 3.43. The second-order valence-electron chi connectivity index (χ2n) is 5.68. The Hall–Kier alpha value is -1.87. The van der Waals surface area contributed by atoms with Crippen molar-refractivity contribution in [3.63, 3.8) is 0 Å². The van der Waals surface area contributed by atoms with Gasteiger partial charge in [0.05, 0.1) is 0 Å². The monoisotopic (exact) mass is 282 g/mol. The Morgan fingerprint density at radius 1 is 1.24 bits per heavy atom. The molecule has 2 atom stereocenters. The highest BCUT2D eigenvalue weighted by Gasteiger charge is 2.21. The van der Waals surface area contributed by atoms with Gasteiger partial charge in [-0.15, -0.1) is 0 Å². The van der Waals surface area contributed by atoms with E-state index in [9.17, 15) is 0 Å². The van der Waals surface area contributed by atoms with Gasteiger partial charge in [-0.1, -0.05) is 19.1 Å². The van der Waals surface area contributed by atoms with Gasteiger partial charge in [-0.25, -0.2) is 0 Å². The summed E-state index contributed by atoms with van der Waals surface area (Å²) < 4.78 is 6.21. The molecule has 3 rings (SSSR count). The van der Waals surface area contributed by atoms with Gasteiger partial charge >= 0.3 is 0 Å². The summed E-state index contributed by atoms with van der Waals surface area (Å²) in [6.45, 7) is 2.08. The summed E-state index contributed by atoms with van der Waals surface area (Å²) in [6.07, 6.45) is 7.92. The number of fused-ring (bicyclic) bond motifs is 1. The zero-order valence-corrected chi connectivity index (χ0v) is 12.5. The molecule has 0 fully saturated rings. The molecule has 2 N–H and O–H groups in total. The van der Waals surface area contributed by atoms with E-state index in [4.69, 9.17) is 10.5 Å². The van der Waals surface area contributed by atoms with Gasteiger partial charge in [0.1, 0.15) is 11.9 Å². The van der Waals surface area contributed by atoms with E-state index in [-0.39, 0.29) is 12.1 Å². The van der Waals surface area contributed by atoms with E-state index in [1.807, 2.05) is 18.3 Å². The first-order valence-electron chi connectivity index (χ1n) is 7.72. The zero-order valence-electron chi connectivity index (χ0n) is 12.5. The standard InChI is InChI=1S/C18H22N2O/c1-2-17(19)18(15-7-4-10-20-12-15)21-16-9-8-13-5-3-6-14(13)11-16/h4,7-12,17-18H,2-3,5-6,19H2,1H3. The molecular weight excluding hydrogens is 260 g/mol. The highest BCUT2D eigenvalue weighted by molar-refractivity contribution is 5.38. The smallest absolute Gasteiger partial charge is 0.140 e. The maximum absolute atomic E-state index is 6.26. The minimum Gasteiger partial charge on any atom is -0.484 e. The number of aromatic nitrogens is 1. The van der Waals surface area contributed by atoms with Gasteiger partial charge in [0, 0.05) is 24.0 Å². The van der Waals surface area contributed by atoms with Crippen LogP contribution in [0.1, 0.15) is 42.6 Å². The largest absolute Gasteiger partial charge is 0.484 e. The molecule has 0 amide bonds. The van der Waals surface area contributed by atoms with Crippen LogP contribution in [0.25, 0.3) is 0 Å². The lowest BCUT2D eigenvalue weighted by Crippen LogP contribution is -2.31. The number of rotatable bonds is 5. The molecule has 0 aliphatic heterocycles. The summed E-state index contributed by atoms with van der Waals surface area (Å²) in [7, 11) is 0. The van der Waals surface area contributed by atoms with Crippen LogP contribution >= 0.6 is 0 Å². The number of ether oxygens (including phenoxy) is 1. The van der Waals surface area contributed by atoms with Crippen molar-refractivity contribution < 1.29 is 4.74 Å². The van der Waals surface area contributed by atoms with Crippen LogP contribution in [0.3, 0.4) is 0 Å². The van der Waals surface area contributed by atoms with Crippen LogP contribution in [-0.4, -0.2) is 11.0 Å². The van der Waals surface area contributed by atoms with Crippen LogP contribution in [0.2, 0.25) is 0 Å². The first-order valence-corrected chi connectivity index (χ1v) is 7.72. The normalized spacial score (nSPS) is 16.3. The summed E-state index contributed by atoms with van der Waals surface area (Å²) in [5.74, 6) is 0.911. The van der Waals surface area contributed by atoms with Crippen molar-refractivity contribution >= 4 is 0 Å². The Morgan fingerprint density at radius 2 is 2.10 bits per heavy atom. The third kappa shape index (κ3) is 3.08. The number of aryl methyl sites for hydroxylation is 2. The minimum absolute atomic E-state index is 0.0394. The summed E-state index contributed by atoms with van der Waals surface area (Å²) in [5.41, 5.74) is 10.2. The fourth-order valence-electron chi connectivity index (χ4n) is 2.93. The van der Waals surface area contributed by atoms with Crippen molar-refractivity contribution in [3.8, 4) is 5.75 Å². The van der Waals surface area contributed by atoms with E-state index >= 15 is 0 Å². The highest BCUT2D eigenvalue weighted by atomic mass is 16.5. The second kappa shape index (κ2) is 6.27. The van der Waals surface area contributed by atoms with Crippen molar-refractivity contribution in [1.82, 2.24) is 4.98 Å². The lowest BCUT2D eigenvalue weighted by atomic mass is 10.0. The fourth-order valence-corrected chi connectivity index (χ4v) is 2.93. The molecule has 2 unspecified atom stereocenters. The van der Waals surface area contributed by atoms with Gasteiger partial charge in [0.25, 0.3) is 0 Å². The van der Waals surface area contributed by atoms with Crippen LogP contribution < -0.4 is 10.5 Å². The molecule has 0 saturated heterocycles. The average Bonchev–Trinajstić information content (AvgIpc) is 3.00. The topological polar surface area (TPSA) is 48.1 Å². The molecule has 110 valence electrons. The van der Waals surface area contributed by atoms with Crippen molar-refractivity contribution in [2.45, 2.75) is 44.8 Å². The Bertz CT molecular complexity index is 597. The second-order valence-corrected chi connectivity index (χ2v) is 5.68. The van der Waals surface area contributed by atoms with E-state index in [2.05, 4.69) is 30.1 Å². The van der Waals surface area contributed by atoms with Crippen LogP contribution in [0.15, 0.2) is 42.7 Å². The summed E-state index contributed by atoms with van der Waals surface area (Å²) in [4.78, 5) is 4.19. The highest BCUT2D eigenvalue weighted by Crippen LogP contribution is 2.30. The van der Waals surface area contributed by atoms with Crippen molar-refractivity contribution in [3.05, 3.63) is 59.4 Å². The van der Waals surface area contributed by atoms with E-state index in [0.717, 1.165) is 24.2 Å². The maximum Gasteiger partial charge on any atom is 0.140 e. The third-order valence-electron chi connectivity index (χ3n) is 4.21. The average molecular weight is 282 g/mol. The first-order chi connectivity index (χ1) is 10.3. The van der Waals surface area contributed by atoms with E-state index in [1.54, 1.807) is 6.20 Å². The number of pyridine rings is 1. The number of nitrogens with zero attached hydrogens (tertiary/aromatic N) is 1. The van der Waals surface area contributed by atoms with Gasteiger partial charge in [-0.05, 0) is 55.0 Å². The number of hydrogen-bond acceptors (Lipinski definition) is 3. The van der Waals surface area contributed by atoms with Crippen molar-refractivity contribution in [1.29, 1.82) is 0 Å². The summed E-state index contributed by atoms with van der Waals surface area (Å²) in [5, 5.41) is 0. The zero-order chi connectivity index (χ0) is 14.7. The number of hydrogen-bond donors (Lipinski definition) is 1. The Morgan fingerprint density at radius 3 is 2.86 bits per heavy atom. The molecule has 0 spiro atoms. The molecular formula is C18H22N2O. The molecule has 1 aromatic carbocycles. The first kappa shape index (κ1) is 14.1.